The van der Waals surface area contributed by atoms with Gasteiger partial charge in [-0.2, -0.15) is 0 Å². The molecule has 2 unspecified atom stereocenters. The standard InChI is InChI=1S/C28H32N2O/c1-18-8-9-25-24(12-18)23-10-11-30-17-22-14-20(13-19-6-4-3-5-7-19)26(31)15-21(22)16-28(30,2)27(23)29-25/h3-9,12-13,21-22,26,29,31H,10-11,14-17H2,1-2H3/b20-13+/t21?,22?,26-,28-/m0/s1. The van der Waals surface area contributed by atoms with E-state index in [1.807, 2.05) is 6.07 Å². The first-order valence-electron chi connectivity index (χ1n) is 11.8. The number of nitrogens with one attached hydrogen (secondary N) is 1. The van der Waals surface area contributed by atoms with Gasteiger partial charge in [-0.3, -0.25) is 4.90 Å². The Morgan fingerprint density at radius 1 is 1.13 bits per heavy atom. The lowest BCUT2D eigenvalue weighted by molar-refractivity contribution is -0.0402. The summed E-state index contributed by atoms with van der Waals surface area (Å²) in [4.78, 5) is 6.55. The Kier molecular flexibility index (Phi) is 4.42. The van der Waals surface area contributed by atoms with Crippen LogP contribution in [0.15, 0.2) is 54.1 Å². The van der Waals surface area contributed by atoms with Crippen molar-refractivity contribution in [3.05, 3.63) is 76.5 Å². The molecule has 0 bridgehead atoms. The van der Waals surface area contributed by atoms with Crippen LogP contribution in [0, 0.1) is 18.8 Å². The second-order valence-electron chi connectivity index (χ2n) is 10.3. The predicted molar refractivity (Wildman–Crippen MR) is 127 cm³/mol. The molecule has 160 valence electrons. The fourth-order valence-electron chi connectivity index (χ4n) is 6.67. The van der Waals surface area contributed by atoms with Crippen LogP contribution in [-0.4, -0.2) is 34.2 Å². The topological polar surface area (TPSA) is 39.3 Å². The number of nitrogens with zero attached hydrogens (tertiary/aromatic N) is 1. The van der Waals surface area contributed by atoms with Crippen molar-refractivity contribution >= 4 is 17.0 Å². The van der Waals surface area contributed by atoms with Gasteiger partial charge in [-0.1, -0.05) is 48.0 Å². The van der Waals surface area contributed by atoms with Crippen molar-refractivity contribution in [2.24, 2.45) is 11.8 Å². The van der Waals surface area contributed by atoms with Gasteiger partial charge in [0, 0.05) is 29.7 Å². The summed E-state index contributed by atoms with van der Waals surface area (Å²) in [5, 5.41) is 12.4. The van der Waals surface area contributed by atoms with Gasteiger partial charge in [-0.25, -0.2) is 0 Å². The molecule has 1 saturated carbocycles. The number of aromatic nitrogens is 1. The van der Waals surface area contributed by atoms with Gasteiger partial charge in [-0.05, 0) is 80.2 Å². The summed E-state index contributed by atoms with van der Waals surface area (Å²) in [6, 6.07) is 17.3. The summed E-state index contributed by atoms with van der Waals surface area (Å²) >= 11 is 0. The predicted octanol–water partition coefficient (Wildman–Crippen LogP) is 5.42. The number of rotatable bonds is 1. The van der Waals surface area contributed by atoms with Crippen LogP contribution in [0.5, 0.6) is 0 Å². The maximum absolute atomic E-state index is 11.0. The number of aromatic amines is 1. The number of H-pyrrole nitrogens is 1. The van der Waals surface area contributed by atoms with Crippen molar-refractivity contribution in [2.45, 2.75) is 51.2 Å². The third-order valence-corrected chi connectivity index (χ3v) is 8.31. The highest BCUT2D eigenvalue weighted by atomic mass is 16.3. The fraction of sp³-hybridized carbons (Fsp3) is 0.429. The lowest BCUT2D eigenvalue weighted by Gasteiger charge is -2.55. The third kappa shape index (κ3) is 3.09. The summed E-state index contributed by atoms with van der Waals surface area (Å²) in [6.07, 6.45) is 6.08. The summed E-state index contributed by atoms with van der Waals surface area (Å²) in [5.74, 6) is 1.21. The number of hydrogen-bond acceptors (Lipinski definition) is 2. The molecular formula is C28H32N2O. The van der Waals surface area contributed by atoms with Crippen molar-refractivity contribution < 1.29 is 5.11 Å². The molecule has 2 aliphatic heterocycles. The van der Waals surface area contributed by atoms with Crippen molar-refractivity contribution in [2.75, 3.05) is 13.1 Å². The summed E-state index contributed by atoms with van der Waals surface area (Å²) in [7, 11) is 0. The molecule has 0 spiro atoms. The van der Waals surface area contributed by atoms with Crippen LogP contribution >= 0.6 is 0 Å². The van der Waals surface area contributed by atoms with Crippen molar-refractivity contribution in [1.29, 1.82) is 0 Å². The largest absolute Gasteiger partial charge is 0.389 e. The maximum atomic E-state index is 11.0. The van der Waals surface area contributed by atoms with Crippen LogP contribution in [-0.2, 0) is 12.0 Å². The minimum absolute atomic E-state index is 0.0437. The number of fused-ring (bicyclic) bond motifs is 6. The first-order chi connectivity index (χ1) is 15.0. The number of piperidine rings is 1. The van der Waals surface area contributed by atoms with E-state index < -0.39 is 0 Å². The van der Waals surface area contributed by atoms with Crippen LogP contribution in [0.1, 0.15) is 48.6 Å². The van der Waals surface area contributed by atoms with E-state index in [0.29, 0.717) is 11.8 Å². The lowest BCUT2D eigenvalue weighted by Crippen LogP contribution is -2.57. The quantitative estimate of drug-likeness (QED) is 0.560. The Balaban J connectivity index is 1.32. The number of aliphatic hydroxyl groups excluding tert-OH is 1. The normalized spacial score (nSPS) is 32.0. The van der Waals surface area contributed by atoms with Crippen LogP contribution < -0.4 is 0 Å². The van der Waals surface area contributed by atoms with Gasteiger partial charge in [0.05, 0.1) is 11.6 Å². The molecule has 6 rings (SSSR count). The first-order valence-corrected chi connectivity index (χ1v) is 11.8. The van der Waals surface area contributed by atoms with Crippen LogP contribution in [0.4, 0.5) is 0 Å². The van der Waals surface area contributed by atoms with E-state index in [9.17, 15) is 5.11 Å². The highest BCUT2D eigenvalue weighted by Gasteiger charge is 2.49. The molecule has 3 nitrogen and oxygen atoms in total. The second-order valence-corrected chi connectivity index (χ2v) is 10.3. The smallest absolute Gasteiger partial charge is 0.0756 e. The number of aliphatic hydroxyl groups is 1. The molecule has 2 aromatic carbocycles. The molecule has 1 aromatic heterocycles. The number of hydrogen-bond donors (Lipinski definition) is 2. The molecule has 0 radical (unpaired) electrons. The fourth-order valence-corrected chi connectivity index (χ4v) is 6.67. The molecule has 2 N–H and O–H groups in total. The Hall–Kier alpha value is -2.36. The molecule has 2 fully saturated rings. The van der Waals surface area contributed by atoms with Gasteiger partial charge < -0.3 is 10.1 Å². The molecule has 3 heteroatoms. The summed E-state index contributed by atoms with van der Waals surface area (Å²) in [6.45, 7) is 6.89. The SMILES string of the molecule is Cc1ccc2[nH]c3c(c2c1)CCN1CC2C/C(=C\c4ccccc4)[C@@H](O)CC2C[C@@]31C. The molecule has 3 aromatic rings. The van der Waals surface area contributed by atoms with Gasteiger partial charge in [0.1, 0.15) is 0 Å². The lowest BCUT2D eigenvalue weighted by atomic mass is 9.64. The molecular weight excluding hydrogens is 380 g/mol. The zero-order valence-corrected chi connectivity index (χ0v) is 18.6. The van der Waals surface area contributed by atoms with Crippen molar-refractivity contribution in [1.82, 2.24) is 9.88 Å². The van der Waals surface area contributed by atoms with Gasteiger partial charge in [-0.15, -0.1) is 0 Å². The molecule has 31 heavy (non-hydrogen) atoms. The van der Waals surface area contributed by atoms with Crippen LogP contribution in [0.25, 0.3) is 17.0 Å². The van der Waals surface area contributed by atoms with Gasteiger partial charge >= 0.3 is 0 Å². The van der Waals surface area contributed by atoms with E-state index in [1.54, 1.807) is 0 Å². The van der Waals surface area contributed by atoms with E-state index in [2.05, 4.69) is 72.3 Å². The minimum Gasteiger partial charge on any atom is -0.389 e. The van der Waals surface area contributed by atoms with Crippen molar-refractivity contribution in [3.8, 4) is 0 Å². The monoisotopic (exact) mass is 412 g/mol. The van der Waals surface area contributed by atoms with Crippen molar-refractivity contribution in [3.63, 3.8) is 0 Å². The Labute approximate surface area is 184 Å². The van der Waals surface area contributed by atoms with Gasteiger partial charge in [0.15, 0.2) is 0 Å². The average molecular weight is 413 g/mol. The van der Waals surface area contributed by atoms with E-state index >= 15 is 0 Å². The van der Waals surface area contributed by atoms with Crippen LogP contribution in [0.2, 0.25) is 0 Å². The highest BCUT2D eigenvalue weighted by molar-refractivity contribution is 5.86. The first kappa shape index (κ1) is 19.3. The molecule has 3 heterocycles. The molecule has 3 aliphatic rings. The Morgan fingerprint density at radius 3 is 2.81 bits per heavy atom. The molecule has 4 atom stereocenters. The van der Waals surface area contributed by atoms with E-state index in [-0.39, 0.29) is 11.6 Å². The van der Waals surface area contributed by atoms with Crippen LogP contribution in [0.3, 0.4) is 0 Å². The average Bonchev–Trinajstić information content (AvgIpc) is 3.13. The maximum Gasteiger partial charge on any atom is 0.0756 e. The third-order valence-electron chi connectivity index (χ3n) is 8.31. The summed E-state index contributed by atoms with van der Waals surface area (Å²) in [5.41, 5.74) is 8.02. The number of aryl methyl sites for hydroxylation is 1. The minimum atomic E-state index is -0.315. The van der Waals surface area contributed by atoms with E-state index in [1.165, 1.54) is 38.9 Å². The molecule has 1 aliphatic carbocycles. The van der Waals surface area contributed by atoms with E-state index in [0.717, 1.165) is 38.8 Å². The van der Waals surface area contributed by atoms with E-state index in [4.69, 9.17) is 0 Å². The molecule has 0 amide bonds. The Morgan fingerprint density at radius 2 is 1.97 bits per heavy atom. The summed E-state index contributed by atoms with van der Waals surface area (Å²) < 4.78 is 0. The zero-order chi connectivity index (χ0) is 21.2. The molecule has 1 saturated heterocycles. The zero-order valence-electron chi connectivity index (χ0n) is 18.6. The Bertz CT molecular complexity index is 1160. The van der Waals surface area contributed by atoms with Gasteiger partial charge in [0.25, 0.3) is 0 Å². The second kappa shape index (κ2) is 7.08. The van der Waals surface area contributed by atoms with Gasteiger partial charge in [0.2, 0.25) is 0 Å². The number of benzene rings is 2. The highest BCUT2D eigenvalue weighted by Crippen LogP contribution is 2.51.